The summed E-state index contributed by atoms with van der Waals surface area (Å²) in [5.74, 6) is -0.481. The molecule has 9 nitrogen and oxygen atoms in total. The molecular formula is C49H27FK2O9. The Balaban J connectivity index is 0.000000151. The Hall–Kier alpha value is -4.81. The summed E-state index contributed by atoms with van der Waals surface area (Å²) >= 11 is 0. The predicted octanol–water partition coefficient (Wildman–Crippen LogP) is 6.94. The molecule has 0 saturated carbocycles. The van der Waals surface area contributed by atoms with Gasteiger partial charge >= 0.3 is 103 Å². The minimum atomic E-state index is -0.459. The summed E-state index contributed by atoms with van der Waals surface area (Å²) in [6.45, 7) is -0.181. The first-order valence-corrected chi connectivity index (χ1v) is 18.5. The van der Waals surface area contributed by atoms with Gasteiger partial charge in [-0.25, -0.2) is 4.39 Å². The molecule has 13 rings (SSSR count). The number of para-hydroxylation sites is 4. The maximum Gasteiger partial charge on any atom is 1.00 e. The topological polar surface area (TPSA) is 135 Å². The third-order valence-corrected chi connectivity index (χ3v) is 10.8. The number of furan rings is 5. The van der Waals surface area contributed by atoms with E-state index in [9.17, 15) is 5.11 Å². The van der Waals surface area contributed by atoms with Crippen LogP contribution in [-0.2, 0) is 9.68 Å². The summed E-state index contributed by atoms with van der Waals surface area (Å²) in [6.07, 6.45) is 0. The number of hydrogen-bond acceptors (Lipinski definition) is 9. The van der Waals surface area contributed by atoms with Crippen LogP contribution in [0.15, 0.2) is 168 Å². The van der Waals surface area contributed by atoms with Gasteiger partial charge in [0.2, 0.25) is 0 Å². The van der Waals surface area contributed by atoms with Crippen LogP contribution in [0.5, 0.6) is 5.75 Å². The largest absolute Gasteiger partial charge is 1.00 e. The van der Waals surface area contributed by atoms with Gasteiger partial charge in [0.05, 0.1) is 10.9 Å². The molecule has 0 spiro atoms. The number of carbonyl (C=O) groups is 1. The molecule has 12 heteroatoms. The van der Waals surface area contributed by atoms with Crippen molar-refractivity contribution in [1.29, 1.82) is 0 Å². The van der Waals surface area contributed by atoms with Crippen LogP contribution >= 0.6 is 0 Å². The van der Waals surface area contributed by atoms with Gasteiger partial charge in [-0.3, -0.25) is 4.79 Å². The standard InChI is InChI=1S/C24H13FO3.C24H12O3.CH2O3.2K.H/c25-16-10-9-14-13-5-1-3-7-18(13)28-24(14)22(16)23-17(26)11-12-20-21(23)15-6-2-4-8-19(15)27-20;1-3-7-16-13(5-1)14-9-10-20-23(24(14)27-16)22-19(26-20)12-11-18-21(22)15-6-2-4-8-17(15)25-18;2-1-4-3;;;/h1-12,26H;1-12H;1,3H;;;/q;;;2*+1;-1/p-1. The summed E-state index contributed by atoms with van der Waals surface area (Å²) in [5.41, 5.74) is 8.14. The van der Waals surface area contributed by atoms with Gasteiger partial charge in [0.15, 0.2) is 0 Å². The van der Waals surface area contributed by atoms with Gasteiger partial charge < -0.3 is 38.8 Å². The van der Waals surface area contributed by atoms with E-state index in [1.54, 1.807) is 12.1 Å². The molecule has 286 valence electrons. The molecule has 13 aromatic rings. The van der Waals surface area contributed by atoms with Crippen molar-refractivity contribution in [3.63, 3.8) is 0 Å². The van der Waals surface area contributed by atoms with Crippen molar-refractivity contribution in [3.8, 4) is 16.9 Å². The monoisotopic (exact) mass is 856 g/mol. The summed E-state index contributed by atoms with van der Waals surface area (Å²) in [6, 6.07) is 45.8. The van der Waals surface area contributed by atoms with E-state index in [0.29, 0.717) is 33.3 Å². The molecule has 0 bridgehead atoms. The van der Waals surface area contributed by atoms with E-state index < -0.39 is 5.82 Å². The van der Waals surface area contributed by atoms with Crippen LogP contribution in [0.1, 0.15) is 1.43 Å². The normalized spacial score (nSPS) is 11.3. The van der Waals surface area contributed by atoms with Crippen molar-refractivity contribution in [3.05, 3.63) is 151 Å². The first-order chi connectivity index (χ1) is 29.0. The van der Waals surface area contributed by atoms with Gasteiger partial charge in [-0.2, -0.15) is 0 Å². The van der Waals surface area contributed by atoms with Crippen LogP contribution in [0.3, 0.4) is 0 Å². The fraction of sp³-hybridized carbons (Fsp3) is 0. The van der Waals surface area contributed by atoms with Crippen molar-refractivity contribution in [1.82, 2.24) is 0 Å². The number of fused-ring (bicyclic) bond motifs is 17. The van der Waals surface area contributed by atoms with E-state index in [1.807, 2.05) is 103 Å². The molecule has 0 radical (unpaired) electrons. The molecular weight excluding hydrogens is 830 g/mol. The zero-order valence-electron chi connectivity index (χ0n) is 33.5. The van der Waals surface area contributed by atoms with Gasteiger partial charge in [0.1, 0.15) is 67.4 Å². The molecule has 0 aliphatic carbocycles. The molecule has 0 unspecified atom stereocenters. The first kappa shape index (κ1) is 41.5. The maximum absolute atomic E-state index is 15.1. The molecule has 0 saturated heterocycles. The van der Waals surface area contributed by atoms with Crippen molar-refractivity contribution >= 4 is 116 Å². The molecule has 1 N–H and O–H groups in total. The third kappa shape index (κ3) is 6.74. The average molecular weight is 857 g/mol. The number of aromatic hydroxyl groups is 1. The van der Waals surface area contributed by atoms with Crippen LogP contribution in [0, 0.1) is 5.82 Å². The van der Waals surface area contributed by atoms with Crippen LogP contribution in [-0.4, -0.2) is 11.6 Å². The minimum absolute atomic E-state index is 0. The summed E-state index contributed by atoms with van der Waals surface area (Å²) in [5, 5.41) is 28.8. The quantitative estimate of drug-likeness (QED) is 0.0850. The van der Waals surface area contributed by atoms with Gasteiger partial charge in [-0.05, 0) is 72.8 Å². The number of rotatable bonds is 2. The summed E-state index contributed by atoms with van der Waals surface area (Å²) < 4.78 is 45.6. The second-order valence-electron chi connectivity index (χ2n) is 13.9. The Morgan fingerprint density at radius 1 is 0.443 bits per heavy atom. The second kappa shape index (κ2) is 16.8. The van der Waals surface area contributed by atoms with Crippen molar-refractivity contribution in [2.45, 2.75) is 0 Å². The molecule has 5 heterocycles. The zero-order valence-corrected chi connectivity index (χ0v) is 38.8. The Morgan fingerprint density at radius 3 is 1.46 bits per heavy atom. The maximum atomic E-state index is 15.1. The second-order valence-corrected chi connectivity index (χ2v) is 13.9. The van der Waals surface area contributed by atoms with Crippen LogP contribution in [0.25, 0.3) is 121 Å². The molecule has 0 fully saturated rings. The molecule has 0 atom stereocenters. The Kier molecular flexibility index (Phi) is 11.4. The van der Waals surface area contributed by atoms with Crippen LogP contribution < -0.4 is 108 Å². The third-order valence-electron chi connectivity index (χ3n) is 10.8. The van der Waals surface area contributed by atoms with Crippen LogP contribution in [0.4, 0.5) is 4.39 Å². The fourth-order valence-electron chi connectivity index (χ4n) is 8.40. The molecule has 0 aliphatic rings. The number of hydrogen-bond donors (Lipinski definition) is 1. The number of benzene rings is 8. The van der Waals surface area contributed by atoms with Gasteiger partial charge in [0.25, 0.3) is 6.47 Å². The van der Waals surface area contributed by atoms with Crippen LogP contribution in [0.2, 0.25) is 0 Å². The summed E-state index contributed by atoms with van der Waals surface area (Å²) in [4.78, 5) is 11.2. The average Bonchev–Trinajstić information content (AvgIpc) is 4.09. The molecule has 0 aliphatic heterocycles. The van der Waals surface area contributed by atoms with Crippen molar-refractivity contribution in [2.24, 2.45) is 0 Å². The zero-order chi connectivity index (χ0) is 39.8. The smallest absolute Gasteiger partial charge is 1.00 e. The predicted molar refractivity (Wildman–Crippen MR) is 225 cm³/mol. The number of phenols is 1. The molecule has 0 amide bonds. The number of halogens is 1. The molecule has 61 heavy (non-hydrogen) atoms. The van der Waals surface area contributed by atoms with E-state index in [0.717, 1.165) is 82.0 Å². The van der Waals surface area contributed by atoms with E-state index >= 15 is 4.39 Å². The number of carbonyl (C=O) groups excluding carboxylic acids is 1. The molecule has 5 aromatic heterocycles. The Bertz CT molecular complexity index is 3800. The summed E-state index contributed by atoms with van der Waals surface area (Å²) in [7, 11) is 0. The van der Waals surface area contributed by atoms with E-state index in [1.165, 1.54) is 12.1 Å². The van der Waals surface area contributed by atoms with Crippen molar-refractivity contribution < 1.29 is 151 Å². The number of phenolic OH excluding ortho intramolecular Hbond substituents is 1. The Morgan fingerprint density at radius 2 is 0.852 bits per heavy atom. The van der Waals surface area contributed by atoms with E-state index in [2.05, 4.69) is 23.1 Å². The Labute approximate surface area is 429 Å². The van der Waals surface area contributed by atoms with Gasteiger partial charge in [-0.15, -0.1) is 0 Å². The van der Waals surface area contributed by atoms with Gasteiger partial charge in [0, 0.05) is 54.0 Å². The van der Waals surface area contributed by atoms with Crippen molar-refractivity contribution in [2.75, 3.05) is 0 Å². The first-order valence-electron chi connectivity index (χ1n) is 18.5. The van der Waals surface area contributed by atoms with Gasteiger partial charge in [-0.1, -0.05) is 72.8 Å². The minimum Gasteiger partial charge on any atom is -1.00 e. The SMILES string of the molecule is O=CO[O-].Oc1ccc2oc3ccccc3c2c1-c1c(F)ccc2c1oc1ccccc12.[H-].[K+].[K+].c1ccc2c(c1)oc1c2ccc2oc3ccc4oc5ccccc5c4c3c21. The molecule has 8 aromatic carbocycles. The van der Waals surface area contributed by atoms with E-state index in [4.69, 9.17) is 32.1 Å². The van der Waals surface area contributed by atoms with E-state index in [-0.39, 0.29) is 122 Å². The fourth-order valence-corrected chi connectivity index (χ4v) is 8.40.